The highest BCUT2D eigenvalue weighted by atomic mass is 127. The van der Waals surface area contributed by atoms with Crippen LogP contribution in [0.2, 0.25) is 0 Å². The van der Waals surface area contributed by atoms with Gasteiger partial charge in [-0.25, -0.2) is 4.99 Å². The molecule has 20 heavy (non-hydrogen) atoms. The maximum atomic E-state index is 4.73. The molecular formula is C14H26IN5. The molecule has 1 unspecified atom stereocenters. The first kappa shape index (κ1) is 17.3. The van der Waals surface area contributed by atoms with Crippen molar-refractivity contribution in [2.24, 2.45) is 18.0 Å². The molecule has 114 valence electrons. The largest absolute Gasteiger partial charge is 0.357 e. The molecule has 0 saturated carbocycles. The highest BCUT2D eigenvalue weighted by Crippen LogP contribution is 2.15. The Balaban J connectivity index is 0.00000200. The van der Waals surface area contributed by atoms with E-state index < -0.39 is 0 Å². The topological polar surface area (TPSA) is 45.5 Å². The number of nitrogens with one attached hydrogen (secondary N) is 1. The summed E-state index contributed by atoms with van der Waals surface area (Å²) in [6, 6.07) is 0. The Morgan fingerprint density at radius 3 is 2.95 bits per heavy atom. The first-order valence-corrected chi connectivity index (χ1v) is 7.19. The van der Waals surface area contributed by atoms with Crippen LogP contribution in [0.4, 0.5) is 0 Å². The van der Waals surface area contributed by atoms with Gasteiger partial charge in [-0.05, 0) is 25.7 Å². The third-order valence-electron chi connectivity index (χ3n) is 3.46. The molecule has 1 aromatic heterocycles. The van der Waals surface area contributed by atoms with Gasteiger partial charge in [0.25, 0.3) is 0 Å². The molecule has 1 fully saturated rings. The van der Waals surface area contributed by atoms with E-state index in [4.69, 9.17) is 4.99 Å². The lowest BCUT2D eigenvalue weighted by Gasteiger charge is -2.33. The Kier molecular flexibility index (Phi) is 7.32. The zero-order valence-electron chi connectivity index (χ0n) is 12.7. The maximum absolute atomic E-state index is 4.73. The van der Waals surface area contributed by atoms with Gasteiger partial charge in [0, 0.05) is 38.4 Å². The minimum absolute atomic E-state index is 0. The molecule has 1 aromatic rings. The average Bonchev–Trinajstić information content (AvgIpc) is 2.80. The second kappa shape index (κ2) is 8.49. The van der Waals surface area contributed by atoms with Crippen LogP contribution in [0.15, 0.2) is 17.4 Å². The van der Waals surface area contributed by atoms with E-state index >= 15 is 0 Å². The summed E-state index contributed by atoms with van der Waals surface area (Å²) in [5, 5.41) is 7.58. The van der Waals surface area contributed by atoms with Crippen molar-refractivity contribution in [3.05, 3.63) is 18.0 Å². The van der Waals surface area contributed by atoms with Gasteiger partial charge in [0.2, 0.25) is 0 Å². The lowest BCUT2D eigenvalue weighted by atomic mass is 10.0. The van der Waals surface area contributed by atoms with E-state index in [0.29, 0.717) is 6.54 Å². The van der Waals surface area contributed by atoms with Gasteiger partial charge in [0.1, 0.15) is 0 Å². The molecule has 0 aromatic carbocycles. The van der Waals surface area contributed by atoms with Crippen LogP contribution in [0.25, 0.3) is 0 Å². The number of guanidine groups is 1. The number of piperidine rings is 1. The van der Waals surface area contributed by atoms with Gasteiger partial charge < -0.3 is 10.2 Å². The molecule has 1 aliphatic heterocycles. The minimum Gasteiger partial charge on any atom is -0.357 e. The minimum atomic E-state index is 0. The van der Waals surface area contributed by atoms with Crippen molar-refractivity contribution in [3.63, 3.8) is 0 Å². The van der Waals surface area contributed by atoms with Crippen LogP contribution >= 0.6 is 24.0 Å². The van der Waals surface area contributed by atoms with Gasteiger partial charge in [-0.3, -0.25) is 4.68 Å². The van der Waals surface area contributed by atoms with Crippen LogP contribution in [0.1, 0.15) is 32.3 Å². The zero-order chi connectivity index (χ0) is 13.7. The quantitative estimate of drug-likeness (QED) is 0.489. The normalized spacial score (nSPS) is 19.6. The summed E-state index contributed by atoms with van der Waals surface area (Å²) in [4.78, 5) is 7.12. The van der Waals surface area contributed by atoms with E-state index in [-0.39, 0.29) is 24.0 Å². The molecule has 0 amide bonds. The van der Waals surface area contributed by atoms with Gasteiger partial charge in [0.15, 0.2) is 5.96 Å². The Morgan fingerprint density at radius 1 is 1.55 bits per heavy atom. The van der Waals surface area contributed by atoms with Gasteiger partial charge >= 0.3 is 0 Å². The lowest BCUT2D eigenvalue weighted by Crippen LogP contribution is -2.46. The monoisotopic (exact) mass is 391 g/mol. The van der Waals surface area contributed by atoms with E-state index in [1.165, 1.54) is 12.8 Å². The standard InChI is InChI=1S/C14H25N5.HI/c1-4-15-14(19-7-5-6-12(2)10-19)16-8-13-9-17-18(3)11-13;/h9,11-12H,4-8,10H2,1-3H3,(H,15,16);1H. The second-order valence-electron chi connectivity index (χ2n) is 5.39. The molecule has 1 saturated heterocycles. The number of aryl methyl sites for hydroxylation is 1. The molecule has 2 rings (SSSR count). The molecular weight excluding hydrogens is 365 g/mol. The van der Waals surface area contributed by atoms with E-state index in [0.717, 1.165) is 37.1 Å². The predicted octanol–water partition coefficient (Wildman–Crippen LogP) is 2.24. The molecule has 2 heterocycles. The van der Waals surface area contributed by atoms with Crippen molar-refractivity contribution < 1.29 is 0 Å². The summed E-state index contributed by atoms with van der Waals surface area (Å²) < 4.78 is 1.82. The van der Waals surface area contributed by atoms with Crippen LogP contribution in [0.5, 0.6) is 0 Å². The number of rotatable bonds is 3. The van der Waals surface area contributed by atoms with Gasteiger partial charge in [-0.2, -0.15) is 5.10 Å². The van der Waals surface area contributed by atoms with Crippen LogP contribution in [0.3, 0.4) is 0 Å². The third kappa shape index (κ3) is 4.96. The molecule has 0 aliphatic carbocycles. The fraction of sp³-hybridized carbons (Fsp3) is 0.714. The lowest BCUT2D eigenvalue weighted by molar-refractivity contribution is 0.266. The smallest absolute Gasteiger partial charge is 0.194 e. The summed E-state index contributed by atoms with van der Waals surface area (Å²) in [5.41, 5.74) is 1.16. The van der Waals surface area contributed by atoms with Crippen molar-refractivity contribution in [2.45, 2.75) is 33.2 Å². The first-order chi connectivity index (χ1) is 9.19. The van der Waals surface area contributed by atoms with Crippen molar-refractivity contribution in [3.8, 4) is 0 Å². The van der Waals surface area contributed by atoms with E-state index in [9.17, 15) is 0 Å². The first-order valence-electron chi connectivity index (χ1n) is 7.19. The third-order valence-corrected chi connectivity index (χ3v) is 3.46. The summed E-state index contributed by atoms with van der Waals surface area (Å²) in [5.74, 6) is 1.80. The number of aromatic nitrogens is 2. The Morgan fingerprint density at radius 2 is 2.35 bits per heavy atom. The fourth-order valence-corrected chi connectivity index (χ4v) is 2.53. The summed E-state index contributed by atoms with van der Waals surface area (Å²) in [6.45, 7) is 8.27. The summed E-state index contributed by atoms with van der Waals surface area (Å²) in [7, 11) is 1.94. The number of halogens is 1. The SMILES string of the molecule is CCNC(=NCc1cnn(C)c1)N1CCCC(C)C1.I. The highest BCUT2D eigenvalue weighted by Gasteiger charge is 2.18. The summed E-state index contributed by atoms with van der Waals surface area (Å²) in [6.07, 6.45) is 6.49. The summed E-state index contributed by atoms with van der Waals surface area (Å²) >= 11 is 0. The van der Waals surface area contributed by atoms with Gasteiger partial charge in [-0.1, -0.05) is 6.92 Å². The number of nitrogens with zero attached hydrogens (tertiary/aromatic N) is 4. The molecule has 0 bridgehead atoms. The van der Waals surface area contributed by atoms with E-state index in [2.05, 4.69) is 29.2 Å². The number of hydrogen-bond acceptors (Lipinski definition) is 2. The van der Waals surface area contributed by atoms with Crippen molar-refractivity contribution in [1.82, 2.24) is 20.0 Å². The second-order valence-corrected chi connectivity index (χ2v) is 5.39. The van der Waals surface area contributed by atoms with Crippen LogP contribution in [0, 0.1) is 5.92 Å². The molecule has 5 nitrogen and oxygen atoms in total. The van der Waals surface area contributed by atoms with Crippen LogP contribution in [-0.4, -0.2) is 40.3 Å². The number of hydrogen-bond donors (Lipinski definition) is 1. The molecule has 0 spiro atoms. The average molecular weight is 391 g/mol. The molecule has 0 radical (unpaired) electrons. The van der Waals surface area contributed by atoms with Crippen molar-refractivity contribution in [1.29, 1.82) is 0 Å². The van der Waals surface area contributed by atoms with E-state index in [1.807, 2.05) is 24.1 Å². The molecule has 6 heteroatoms. The van der Waals surface area contributed by atoms with Crippen LogP contribution < -0.4 is 5.32 Å². The van der Waals surface area contributed by atoms with Gasteiger partial charge in [0.05, 0.1) is 12.7 Å². The molecule has 1 aliphatic rings. The predicted molar refractivity (Wildman–Crippen MR) is 93.4 cm³/mol. The number of likely N-dealkylation sites (tertiary alicyclic amines) is 1. The van der Waals surface area contributed by atoms with Crippen molar-refractivity contribution >= 4 is 29.9 Å². The Hall–Kier alpha value is -0.790. The number of aliphatic imine (C=N–C) groups is 1. The molecule has 1 atom stereocenters. The van der Waals surface area contributed by atoms with Crippen molar-refractivity contribution in [2.75, 3.05) is 19.6 Å². The Bertz CT molecular complexity index is 429. The maximum Gasteiger partial charge on any atom is 0.194 e. The van der Waals surface area contributed by atoms with Gasteiger partial charge in [-0.15, -0.1) is 24.0 Å². The fourth-order valence-electron chi connectivity index (χ4n) is 2.53. The van der Waals surface area contributed by atoms with Crippen LogP contribution in [-0.2, 0) is 13.6 Å². The molecule has 1 N–H and O–H groups in total. The zero-order valence-corrected chi connectivity index (χ0v) is 15.0. The van der Waals surface area contributed by atoms with E-state index in [1.54, 1.807) is 0 Å². The highest BCUT2D eigenvalue weighted by molar-refractivity contribution is 14.0. The Labute approximate surface area is 138 Å².